The summed E-state index contributed by atoms with van der Waals surface area (Å²) in [4.78, 5) is 11.8. The molecule has 0 fully saturated rings. The van der Waals surface area contributed by atoms with Crippen molar-refractivity contribution in [2.45, 2.75) is 18.9 Å². The third kappa shape index (κ3) is 3.84. The molecule has 0 saturated heterocycles. The largest absolute Gasteiger partial charge is 0.481 e. The lowest BCUT2D eigenvalue weighted by atomic mass is 9.87. The summed E-state index contributed by atoms with van der Waals surface area (Å²) >= 11 is 5.92. The highest BCUT2D eigenvalue weighted by Gasteiger charge is 2.30. The molecule has 21 heavy (non-hydrogen) atoms. The van der Waals surface area contributed by atoms with Gasteiger partial charge in [0.1, 0.15) is 5.92 Å². The number of carboxylic acid groups (broad SMARTS) is 1. The Labute approximate surface area is 129 Å². The number of hydrogen-bond acceptors (Lipinski definition) is 2. The van der Waals surface area contributed by atoms with Crippen LogP contribution >= 0.6 is 11.6 Å². The minimum atomic E-state index is -0.845. The van der Waals surface area contributed by atoms with E-state index in [2.05, 4.69) is 5.32 Å². The Morgan fingerprint density at radius 3 is 2.24 bits per heavy atom. The molecule has 110 valence electrons. The molecule has 0 aliphatic heterocycles. The van der Waals surface area contributed by atoms with E-state index in [9.17, 15) is 9.90 Å². The smallest absolute Gasteiger partial charge is 0.312 e. The van der Waals surface area contributed by atoms with Gasteiger partial charge in [-0.05, 0) is 29.8 Å². The van der Waals surface area contributed by atoms with E-state index in [1.165, 1.54) is 0 Å². The van der Waals surface area contributed by atoms with Crippen LogP contribution in [0.2, 0.25) is 5.02 Å². The molecule has 2 N–H and O–H groups in total. The Kier molecular flexibility index (Phi) is 5.37. The highest BCUT2D eigenvalue weighted by Crippen LogP contribution is 2.31. The highest BCUT2D eigenvalue weighted by molar-refractivity contribution is 6.30. The molecule has 2 aromatic rings. The molecule has 0 radical (unpaired) electrons. The van der Waals surface area contributed by atoms with Crippen LogP contribution in [0.1, 0.15) is 30.0 Å². The second-order valence-corrected chi connectivity index (χ2v) is 5.25. The van der Waals surface area contributed by atoms with Crippen molar-refractivity contribution < 1.29 is 9.90 Å². The number of aliphatic carboxylic acids is 1. The summed E-state index contributed by atoms with van der Waals surface area (Å²) in [5.74, 6) is -1.49. The Morgan fingerprint density at radius 2 is 1.71 bits per heavy atom. The van der Waals surface area contributed by atoms with E-state index in [0.717, 1.165) is 11.1 Å². The van der Waals surface area contributed by atoms with Gasteiger partial charge in [-0.3, -0.25) is 4.79 Å². The molecule has 3 nitrogen and oxygen atoms in total. The third-order valence-electron chi connectivity index (χ3n) is 3.41. The molecule has 0 aromatic heterocycles. The summed E-state index contributed by atoms with van der Waals surface area (Å²) in [7, 11) is 0. The predicted molar refractivity (Wildman–Crippen MR) is 84.7 cm³/mol. The fourth-order valence-corrected chi connectivity index (χ4v) is 2.58. The number of rotatable bonds is 6. The molecule has 2 aromatic carbocycles. The standard InChI is InChI=1S/C17H18ClNO2/c1-2-19-16(13-8-10-14(18)11-9-13)15(17(20)21)12-6-4-3-5-7-12/h3-11,15-16,19H,2H2,1H3,(H,20,21). The monoisotopic (exact) mass is 303 g/mol. The number of benzene rings is 2. The number of halogens is 1. The Morgan fingerprint density at radius 1 is 1.10 bits per heavy atom. The zero-order chi connectivity index (χ0) is 15.2. The van der Waals surface area contributed by atoms with Gasteiger partial charge in [0.15, 0.2) is 0 Å². The normalized spacial score (nSPS) is 13.6. The quantitative estimate of drug-likeness (QED) is 0.852. The molecule has 4 heteroatoms. The number of likely N-dealkylation sites (N-methyl/N-ethyl adjacent to an activating group) is 1. The van der Waals surface area contributed by atoms with Crippen LogP contribution in [-0.4, -0.2) is 17.6 Å². The number of nitrogens with one attached hydrogen (secondary N) is 1. The molecule has 0 bridgehead atoms. The molecule has 2 unspecified atom stereocenters. The van der Waals surface area contributed by atoms with Gasteiger partial charge in [-0.2, -0.15) is 0 Å². The summed E-state index contributed by atoms with van der Waals surface area (Å²) in [6.45, 7) is 2.65. The molecular formula is C17H18ClNO2. The van der Waals surface area contributed by atoms with Crippen LogP contribution in [0.5, 0.6) is 0 Å². The number of hydrogen-bond donors (Lipinski definition) is 2. The number of carbonyl (C=O) groups is 1. The lowest BCUT2D eigenvalue weighted by Gasteiger charge is -2.25. The fraction of sp³-hybridized carbons (Fsp3) is 0.235. The lowest BCUT2D eigenvalue weighted by molar-refractivity contribution is -0.139. The van der Waals surface area contributed by atoms with Gasteiger partial charge in [-0.1, -0.05) is 61.0 Å². The second-order valence-electron chi connectivity index (χ2n) is 4.81. The molecule has 0 saturated carbocycles. The molecule has 0 aliphatic carbocycles. The van der Waals surface area contributed by atoms with Gasteiger partial charge < -0.3 is 10.4 Å². The van der Waals surface area contributed by atoms with Crippen molar-refractivity contribution in [1.29, 1.82) is 0 Å². The van der Waals surface area contributed by atoms with Gasteiger partial charge >= 0.3 is 5.97 Å². The van der Waals surface area contributed by atoms with Crippen molar-refractivity contribution in [3.8, 4) is 0 Å². The third-order valence-corrected chi connectivity index (χ3v) is 3.66. The Bertz CT molecular complexity index is 583. The van der Waals surface area contributed by atoms with Gasteiger partial charge in [0.25, 0.3) is 0 Å². The summed E-state index contributed by atoms with van der Waals surface area (Å²) in [6, 6.07) is 16.3. The first kappa shape index (κ1) is 15.5. The summed E-state index contributed by atoms with van der Waals surface area (Å²) in [6.07, 6.45) is 0. The topological polar surface area (TPSA) is 49.3 Å². The van der Waals surface area contributed by atoms with E-state index in [0.29, 0.717) is 11.6 Å². The van der Waals surface area contributed by atoms with Gasteiger partial charge in [-0.25, -0.2) is 0 Å². The minimum absolute atomic E-state index is 0.299. The first-order chi connectivity index (χ1) is 10.1. The van der Waals surface area contributed by atoms with E-state index >= 15 is 0 Å². The van der Waals surface area contributed by atoms with Crippen LogP contribution in [-0.2, 0) is 4.79 Å². The van der Waals surface area contributed by atoms with Gasteiger partial charge in [0.05, 0.1) is 0 Å². The van der Waals surface area contributed by atoms with Gasteiger partial charge in [0, 0.05) is 11.1 Å². The SMILES string of the molecule is CCNC(c1ccc(Cl)cc1)C(C(=O)O)c1ccccc1. The van der Waals surface area contributed by atoms with Gasteiger partial charge in [-0.15, -0.1) is 0 Å². The van der Waals surface area contributed by atoms with Crippen LogP contribution in [0, 0.1) is 0 Å². The molecule has 2 rings (SSSR count). The molecule has 0 spiro atoms. The Hall–Kier alpha value is -1.84. The summed E-state index contributed by atoms with van der Waals surface area (Å²) in [5, 5.41) is 13.6. The van der Waals surface area contributed by atoms with E-state index in [4.69, 9.17) is 11.6 Å². The second kappa shape index (κ2) is 7.25. The molecule has 0 heterocycles. The zero-order valence-corrected chi connectivity index (χ0v) is 12.5. The fourth-order valence-electron chi connectivity index (χ4n) is 2.46. The average molecular weight is 304 g/mol. The van der Waals surface area contributed by atoms with Crippen LogP contribution < -0.4 is 5.32 Å². The predicted octanol–water partition coefficient (Wildman–Crippen LogP) is 3.86. The Balaban J connectivity index is 2.42. The summed E-state index contributed by atoms with van der Waals surface area (Å²) in [5.41, 5.74) is 1.70. The van der Waals surface area contributed by atoms with Crippen molar-refractivity contribution in [2.75, 3.05) is 6.54 Å². The van der Waals surface area contributed by atoms with Gasteiger partial charge in [0.2, 0.25) is 0 Å². The highest BCUT2D eigenvalue weighted by atomic mass is 35.5. The zero-order valence-electron chi connectivity index (χ0n) is 11.8. The van der Waals surface area contributed by atoms with E-state index in [1.807, 2.05) is 49.4 Å². The van der Waals surface area contributed by atoms with Crippen molar-refractivity contribution >= 4 is 17.6 Å². The molecule has 0 amide bonds. The van der Waals surface area contributed by atoms with Crippen molar-refractivity contribution in [1.82, 2.24) is 5.32 Å². The van der Waals surface area contributed by atoms with Crippen molar-refractivity contribution in [2.24, 2.45) is 0 Å². The molecular weight excluding hydrogens is 286 g/mol. The first-order valence-corrected chi connectivity index (χ1v) is 7.28. The van der Waals surface area contributed by atoms with Crippen molar-refractivity contribution in [3.63, 3.8) is 0 Å². The minimum Gasteiger partial charge on any atom is -0.481 e. The maximum atomic E-state index is 11.8. The van der Waals surface area contributed by atoms with Crippen LogP contribution in [0.15, 0.2) is 54.6 Å². The van der Waals surface area contributed by atoms with Crippen LogP contribution in [0.3, 0.4) is 0 Å². The maximum Gasteiger partial charge on any atom is 0.312 e. The average Bonchev–Trinajstić information content (AvgIpc) is 2.48. The lowest BCUT2D eigenvalue weighted by Crippen LogP contribution is -2.31. The maximum absolute atomic E-state index is 11.8. The van der Waals surface area contributed by atoms with E-state index in [1.54, 1.807) is 12.1 Å². The van der Waals surface area contributed by atoms with E-state index < -0.39 is 11.9 Å². The van der Waals surface area contributed by atoms with E-state index in [-0.39, 0.29) is 6.04 Å². The first-order valence-electron chi connectivity index (χ1n) is 6.90. The molecule has 0 aliphatic rings. The molecule has 2 atom stereocenters. The summed E-state index contributed by atoms with van der Waals surface area (Å²) < 4.78 is 0. The van der Waals surface area contributed by atoms with Crippen LogP contribution in [0.25, 0.3) is 0 Å². The van der Waals surface area contributed by atoms with Crippen molar-refractivity contribution in [3.05, 3.63) is 70.7 Å². The van der Waals surface area contributed by atoms with Crippen LogP contribution in [0.4, 0.5) is 0 Å². The number of carboxylic acids is 1.